The lowest BCUT2D eigenvalue weighted by Gasteiger charge is -2.15. The zero-order chi connectivity index (χ0) is 13.6. The van der Waals surface area contributed by atoms with Gasteiger partial charge in [-0.05, 0) is 29.9 Å². The van der Waals surface area contributed by atoms with Crippen molar-refractivity contribution in [2.45, 2.75) is 36.4 Å². The van der Waals surface area contributed by atoms with Crippen LogP contribution in [0.1, 0.15) is 35.9 Å². The summed E-state index contributed by atoms with van der Waals surface area (Å²) < 4.78 is 6.37. The molecule has 0 saturated heterocycles. The fourth-order valence-corrected chi connectivity index (χ4v) is 4.04. The van der Waals surface area contributed by atoms with E-state index in [1.165, 1.54) is 12.7 Å². The smallest absolute Gasteiger partial charge is 0.329 e. The fourth-order valence-electron chi connectivity index (χ4n) is 2.63. The van der Waals surface area contributed by atoms with Crippen LogP contribution in [0.5, 0.6) is 0 Å². The molecule has 19 heavy (non-hydrogen) atoms. The third-order valence-electron chi connectivity index (χ3n) is 3.70. The summed E-state index contributed by atoms with van der Waals surface area (Å²) in [5, 5.41) is 0.922. The van der Waals surface area contributed by atoms with Crippen LogP contribution in [0, 0.1) is 0 Å². The van der Waals surface area contributed by atoms with Gasteiger partial charge in [0.2, 0.25) is 0 Å². The first-order valence-electron chi connectivity index (χ1n) is 6.36. The van der Waals surface area contributed by atoms with Crippen molar-refractivity contribution in [2.75, 3.05) is 12.9 Å². The molecule has 6 heteroatoms. The molecule has 0 radical (unpaired) electrons. The molecule has 1 aromatic rings. The molecule has 0 amide bonds. The molecule has 2 N–H and O–H groups in total. The van der Waals surface area contributed by atoms with Gasteiger partial charge in [0.05, 0.1) is 12.1 Å². The van der Waals surface area contributed by atoms with Crippen LogP contribution in [-0.4, -0.2) is 23.4 Å². The number of pyridine rings is 1. The zero-order valence-corrected chi connectivity index (χ0v) is 11.5. The Labute approximate surface area is 115 Å². The van der Waals surface area contributed by atoms with Crippen molar-refractivity contribution in [3.05, 3.63) is 27.5 Å². The largest absolute Gasteiger partial charge is 0.467 e. The highest BCUT2D eigenvalue weighted by atomic mass is 32.2. The molecule has 1 fully saturated rings. The maximum absolute atomic E-state index is 12.2. The van der Waals surface area contributed by atoms with Gasteiger partial charge in [0.25, 0.3) is 5.56 Å². The predicted molar refractivity (Wildman–Crippen MR) is 72.3 cm³/mol. The minimum Gasteiger partial charge on any atom is -0.467 e. The molecule has 5 nitrogen and oxygen atoms in total. The van der Waals surface area contributed by atoms with Crippen LogP contribution in [0.25, 0.3) is 0 Å². The topological polar surface area (TPSA) is 74.3 Å². The minimum absolute atomic E-state index is 0.153. The number of hydrogen-bond acceptors (Lipinski definition) is 5. The van der Waals surface area contributed by atoms with Gasteiger partial charge in [-0.15, -0.1) is 11.8 Å². The van der Waals surface area contributed by atoms with Crippen LogP contribution in [0.4, 0.5) is 0 Å². The van der Waals surface area contributed by atoms with E-state index in [4.69, 9.17) is 10.5 Å². The van der Waals surface area contributed by atoms with Crippen molar-refractivity contribution in [2.24, 2.45) is 5.73 Å². The number of hydrogen-bond donors (Lipinski definition) is 1. The number of methoxy groups -OCH3 is 1. The Balaban J connectivity index is 2.16. The molecule has 0 unspecified atom stereocenters. The lowest BCUT2D eigenvalue weighted by molar-refractivity contribution is -0.143. The molecule has 1 saturated carbocycles. The van der Waals surface area contributed by atoms with E-state index in [-0.39, 0.29) is 11.5 Å². The molecule has 1 atom stereocenters. The van der Waals surface area contributed by atoms with Crippen LogP contribution in [0.15, 0.2) is 15.9 Å². The number of fused-ring (bicyclic) bond motifs is 1. The average Bonchev–Trinajstić information content (AvgIpc) is 3.15. The molecule has 1 aromatic heterocycles. The van der Waals surface area contributed by atoms with Crippen molar-refractivity contribution < 1.29 is 9.53 Å². The van der Waals surface area contributed by atoms with E-state index in [0.717, 1.165) is 23.4 Å². The Hall–Kier alpha value is -1.27. The Morgan fingerprint density at radius 2 is 2.32 bits per heavy atom. The summed E-state index contributed by atoms with van der Waals surface area (Å²) in [5.74, 6) is 0.718. The van der Waals surface area contributed by atoms with Gasteiger partial charge in [-0.25, -0.2) is 4.79 Å². The van der Waals surface area contributed by atoms with Crippen molar-refractivity contribution in [1.29, 1.82) is 0 Å². The highest BCUT2D eigenvalue weighted by molar-refractivity contribution is 7.99. The quantitative estimate of drug-likeness (QED) is 0.836. The van der Waals surface area contributed by atoms with Gasteiger partial charge in [0, 0.05) is 18.4 Å². The Morgan fingerprint density at radius 3 is 2.89 bits per heavy atom. The van der Waals surface area contributed by atoms with Gasteiger partial charge in [-0.2, -0.15) is 0 Å². The van der Waals surface area contributed by atoms with Crippen LogP contribution < -0.4 is 11.3 Å². The molecule has 2 aliphatic rings. The van der Waals surface area contributed by atoms with E-state index in [0.29, 0.717) is 18.2 Å². The SMILES string of the molecule is COC(=O)[C@@H]1CSc2c(C3CC3)c(CN)cc(=O)n21. The first-order valence-corrected chi connectivity index (χ1v) is 7.35. The lowest BCUT2D eigenvalue weighted by Crippen LogP contribution is -2.30. The summed E-state index contributed by atoms with van der Waals surface area (Å²) in [4.78, 5) is 24.0. The van der Waals surface area contributed by atoms with Crippen LogP contribution in [-0.2, 0) is 16.1 Å². The van der Waals surface area contributed by atoms with Gasteiger partial charge in [0.1, 0.15) is 6.04 Å². The number of carbonyl (C=O) groups excluding carboxylic acids is 1. The highest BCUT2D eigenvalue weighted by Crippen LogP contribution is 2.48. The number of aromatic nitrogens is 1. The first kappa shape index (κ1) is 12.7. The number of rotatable bonds is 3. The maximum Gasteiger partial charge on any atom is 0.329 e. The monoisotopic (exact) mass is 280 g/mol. The van der Waals surface area contributed by atoms with Gasteiger partial charge in [0.15, 0.2) is 0 Å². The summed E-state index contributed by atoms with van der Waals surface area (Å²) in [6, 6.07) is 1.08. The summed E-state index contributed by atoms with van der Waals surface area (Å²) in [6.45, 7) is 0.373. The molecule has 1 aliphatic carbocycles. The summed E-state index contributed by atoms with van der Waals surface area (Å²) in [7, 11) is 1.35. The van der Waals surface area contributed by atoms with Gasteiger partial charge >= 0.3 is 5.97 Å². The molecule has 0 spiro atoms. The van der Waals surface area contributed by atoms with E-state index in [2.05, 4.69) is 0 Å². The van der Waals surface area contributed by atoms with Crippen molar-refractivity contribution in [3.63, 3.8) is 0 Å². The van der Waals surface area contributed by atoms with Crippen molar-refractivity contribution in [3.8, 4) is 0 Å². The number of nitrogens with two attached hydrogens (primary N) is 1. The predicted octanol–water partition coefficient (Wildman–Crippen LogP) is 1.00. The Morgan fingerprint density at radius 1 is 1.58 bits per heavy atom. The van der Waals surface area contributed by atoms with Crippen LogP contribution in [0.2, 0.25) is 0 Å². The number of esters is 1. The molecule has 3 rings (SSSR count). The highest BCUT2D eigenvalue weighted by Gasteiger charge is 2.37. The normalized spacial score (nSPS) is 21.3. The Bertz CT molecular complexity index is 592. The van der Waals surface area contributed by atoms with Crippen LogP contribution in [0.3, 0.4) is 0 Å². The van der Waals surface area contributed by atoms with Crippen molar-refractivity contribution >= 4 is 17.7 Å². The zero-order valence-electron chi connectivity index (χ0n) is 10.7. The van der Waals surface area contributed by atoms with Crippen molar-refractivity contribution in [1.82, 2.24) is 4.57 Å². The Kier molecular flexibility index (Phi) is 3.14. The first-order chi connectivity index (χ1) is 9.17. The minimum atomic E-state index is -0.498. The molecule has 2 heterocycles. The van der Waals surface area contributed by atoms with E-state index in [9.17, 15) is 9.59 Å². The third-order valence-corrected chi connectivity index (χ3v) is 4.87. The number of nitrogens with zero attached hydrogens (tertiary/aromatic N) is 1. The summed E-state index contributed by atoms with van der Waals surface area (Å²) in [5.41, 5.74) is 7.70. The molecule has 0 aromatic carbocycles. The van der Waals surface area contributed by atoms with Gasteiger partial charge in [-0.1, -0.05) is 0 Å². The third kappa shape index (κ3) is 1.99. The van der Waals surface area contributed by atoms with E-state index in [1.54, 1.807) is 22.4 Å². The number of thioether (sulfide) groups is 1. The summed E-state index contributed by atoms with van der Waals surface area (Å²) in [6.07, 6.45) is 2.28. The second-order valence-corrected chi connectivity index (χ2v) is 5.93. The molecule has 1 aliphatic heterocycles. The second kappa shape index (κ2) is 4.68. The second-order valence-electron chi connectivity index (χ2n) is 4.93. The number of ether oxygens (including phenoxy) is 1. The average molecular weight is 280 g/mol. The molecule has 102 valence electrons. The fraction of sp³-hybridized carbons (Fsp3) is 0.538. The molecular weight excluding hydrogens is 264 g/mol. The van der Waals surface area contributed by atoms with Gasteiger partial charge in [-0.3, -0.25) is 9.36 Å². The summed E-state index contributed by atoms with van der Waals surface area (Å²) >= 11 is 1.56. The van der Waals surface area contributed by atoms with E-state index >= 15 is 0 Å². The lowest BCUT2D eigenvalue weighted by atomic mass is 10.1. The van der Waals surface area contributed by atoms with Gasteiger partial charge < -0.3 is 10.5 Å². The maximum atomic E-state index is 12.2. The standard InChI is InChI=1S/C13H16N2O3S/c1-18-13(17)9-6-19-12-11(7-2-3-7)8(5-14)4-10(16)15(9)12/h4,7,9H,2-3,5-6,14H2,1H3/t9-/m0/s1. The van der Waals surface area contributed by atoms with Crippen LogP contribution >= 0.6 is 11.8 Å². The molecular formula is C13H16N2O3S. The van der Waals surface area contributed by atoms with E-state index in [1.807, 2.05) is 0 Å². The molecule has 0 bridgehead atoms. The van der Waals surface area contributed by atoms with E-state index < -0.39 is 6.04 Å². The number of carbonyl (C=O) groups is 1.